The highest BCUT2D eigenvalue weighted by molar-refractivity contribution is 5.90. The lowest BCUT2D eigenvalue weighted by Gasteiger charge is -2.11. The molecule has 1 heterocycles. The SMILES string of the molecule is O=C(COC1CCCC1)Nc1ccc(-c2ccccc2)cn1. The van der Waals surface area contributed by atoms with Crippen LogP contribution < -0.4 is 5.32 Å². The van der Waals surface area contributed by atoms with Crippen molar-refractivity contribution in [3.63, 3.8) is 0 Å². The molecule has 0 radical (unpaired) electrons. The van der Waals surface area contributed by atoms with Gasteiger partial charge in [0.15, 0.2) is 0 Å². The van der Waals surface area contributed by atoms with E-state index >= 15 is 0 Å². The molecule has 1 amide bonds. The summed E-state index contributed by atoms with van der Waals surface area (Å²) >= 11 is 0. The number of anilines is 1. The first-order valence-corrected chi connectivity index (χ1v) is 7.74. The van der Waals surface area contributed by atoms with Gasteiger partial charge in [-0.1, -0.05) is 43.2 Å². The van der Waals surface area contributed by atoms with Gasteiger partial charge >= 0.3 is 0 Å². The summed E-state index contributed by atoms with van der Waals surface area (Å²) in [7, 11) is 0. The highest BCUT2D eigenvalue weighted by atomic mass is 16.5. The Labute approximate surface area is 130 Å². The molecule has 1 aliphatic carbocycles. The van der Waals surface area contributed by atoms with Crippen molar-refractivity contribution in [2.75, 3.05) is 11.9 Å². The molecular weight excluding hydrogens is 276 g/mol. The minimum Gasteiger partial charge on any atom is -0.368 e. The van der Waals surface area contributed by atoms with Gasteiger partial charge in [0.1, 0.15) is 12.4 Å². The Morgan fingerprint density at radius 3 is 2.55 bits per heavy atom. The van der Waals surface area contributed by atoms with E-state index in [1.807, 2.05) is 42.5 Å². The van der Waals surface area contributed by atoms with Gasteiger partial charge in [-0.2, -0.15) is 0 Å². The quantitative estimate of drug-likeness (QED) is 0.916. The summed E-state index contributed by atoms with van der Waals surface area (Å²) in [6.07, 6.45) is 6.56. The van der Waals surface area contributed by atoms with Crippen molar-refractivity contribution < 1.29 is 9.53 Å². The Morgan fingerprint density at radius 1 is 1.09 bits per heavy atom. The smallest absolute Gasteiger partial charge is 0.251 e. The van der Waals surface area contributed by atoms with E-state index in [0.29, 0.717) is 5.82 Å². The number of nitrogens with one attached hydrogen (secondary N) is 1. The number of pyridine rings is 1. The van der Waals surface area contributed by atoms with Crippen LogP contribution in [0, 0.1) is 0 Å². The highest BCUT2D eigenvalue weighted by Crippen LogP contribution is 2.21. The van der Waals surface area contributed by atoms with Gasteiger partial charge in [-0.25, -0.2) is 4.98 Å². The van der Waals surface area contributed by atoms with Crippen LogP contribution in [0.5, 0.6) is 0 Å². The van der Waals surface area contributed by atoms with Crippen LogP contribution in [0.1, 0.15) is 25.7 Å². The summed E-state index contributed by atoms with van der Waals surface area (Å²) in [5, 5.41) is 2.77. The first-order valence-electron chi connectivity index (χ1n) is 7.74. The van der Waals surface area contributed by atoms with Crippen LogP contribution >= 0.6 is 0 Å². The van der Waals surface area contributed by atoms with Crippen molar-refractivity contribution in [3.05, 3.63) is 48.7 Å². The molecule has 0 unspecified atom stereocenters. The average Bonchev–Trinajstić information content (AvgIpc) is 3.08. The molecule has 0 aliphatic heterocycles. The third kappa shape index (κ3) is 3.92. The van der Waals surface area contributed by atoms with Crippen molar-refractivity contribution in [3.8, 4) is 11.1 Å². The first-order chi connectivity index (χ1) is 10.8. The summed E-state index contributed by atoms with van der Waals surface area (Å²) in [6, 6.07) is 13.8. The molecule has 1 fully saturated rings. The average molecular weight is 296 g/mol. The van der Waals surface area contributed by atoms with Crippen LogP contribution in [-0.4, -0.2) is 23.6 Å². The molecule has 1 aromatic carbocycles. The lowest BCUT2D eigenvalue weighted by atomic mass is 10.1. The fourth-order valence-corrected chi connectivity index (χ4v) is 2.70. The normalized spacial score (nSPS) is 14.9. The molecule has 4 heteroatoms. The number of aromatic nitrogens is 1. The van der Waals surface area contributed by atoms with Gasteiger partial charge in [0.2, 0.25) is 0 Å². The van der Waals surface area contributed by atoms with Crippen molar-refractivity contribution in [2.45, 2.75) is 31.8 Å². The van der Waals surface area contributed by atoms with Crippen molar-refractivity contribution in [2.24, 2.45) is 0 Å². The number of ether oxygens (including phenoxy) is 1. The minimum atomic E-state index is -0.146. The third-order valence-corrected chi connectivity index (χ3v) is 3.89. The van der Waals surface area contributed by atoms with E-state index in [9.17, 15) is 4.79 Å². The van der Waals surface area contributed by atoms with E-state index in [1.54, 1.807) is 6.20 Å². The number of carbonyl (C=O) groups is 1. The maximum Gasteiger partial charge on any atom is 0.251 e. The molecule has 22 heavy (non-hydrogen) atoms. The number of benzene rings is 1. The molecule has 3 rings (SSSR count). The summed E-state index contributed by atoms with van der Waals surface area (Å²) < 4.78 is 5.59. The van der Waals surface area contributed by atoms with Crippen molar-refractivity contribution >= 4 is 11.7 Å². The van der Waals surface area contributed by atoms with E-state index in [0.717, 1.165) is 24.0 Å². The largest absolute Gasteiger partial charge is 0.368 e. The van der Waals surface area contributed by atoms with Gasteiger partial charge in [0, 0.05) is 11.8 Å². The third-order valence-electron chi connectivity index (χ3n) is 3.89. The second kappa shape index (κ2) is 7.18. The molecule has 0 spiro atoms. The Bertz CT molecular complexity index is 605. The maximum absolute atomic E-state index is 11.8. The first kappa shape index (κ1) is 14.7. The number of hydrogen-bond donors (Lipinski definition) is 1. The number of hydrogen-bond acceptors (Lipinski definition) is 3. The van der Waals surface area contributed by atoms with Gasteiger partial charge < -0.3 is 10.1 Å². The fourth-order valence-electron chi connectivity index (χ4n) is 2.70. The van der Waals surface area contributed by atoms with E-state index in [4.69, 9.17) is 4.74 Å². The predicted octanol–water partition coefficient (Wildman–Crippen LogP) is 3.65. The predicted molar refractivity (Wildman–Crippen MR) is 86.5 cm³/mol. The van der Waals surface area contributed by atoms with Crippen LogP contribution in [0.25, 0.3) is 11.1 Å². The number of rotatable bonds is 5. The van der Waals surface area contributed by atoms with Gasteiger partial charge in [-0.15, -0.1) is 0 Å². The summed E-state index contributed by atoms with van der Waals surface area (Å²) in [6.45, 7) is 0.104. The summed E-state index contributed by atoms with van der Waals surface area (Å²) in [4.78, 5) is 16.1. The van der Waals surface area contributed by atoms with Crippen molar-refractivity contribution in [1.29, 1.82) is 0 Å². The number of amides is 1. The zero-order valence-electron chi connectivity index (χ0n) is 12.5. The minimum absolute atomic E-state index is 0.104. The Morgan fingerprint density at radius 2 is 1.86 bits per heavy atom. The van der Waals surface area contributed by atoms with E-state index in [-0.39, 0.29) is 18.6 Å². The maximum atomic E-state index is 11.8. The molecule has 1 N–H and O–H groups in total. The van der Waals surface area contributed by atoms with E-state index in [1.165, 1.54) is 12.8 Å². The lowest BCUT2D eigenvalue weighted by molar-refractivity contribution is -0.122. The Hall–Kier alpha value is -2.20. The summed E-state index contributed by atoms with van der Waals surface area (Å²) in [5.41, 5.74) is 2.14. The topological polar surface area (TPSA) is 51.2 Å². The van der Waals surface area contributed by atoms with Crippen molar-refractivity contribution in [1.82, 2.24) is 4.98 Å². The molecule has 0 bridgehead atoms. The highest BCUT2D eigenvalue weighted by Gasteiger charge is 2.16. The van der Waals surface area contributed by atoms with Crippen LogP contribution in [0.3, 0.4) is 0 Å². The molecule has 1 aromatic heterocycles. The second-order valence-electron chi connectivity index (χ2n) is 5.56. The number of nitrogens with zero attached hydrogens (tertiary/aromatic N) is 1. The molecule has 1 saturated carbocycles. The second-order valence-corrected chi connectivity index (χ2v) is 5.56. The van der Waals surface area contributed by atoms with Crippen LogP contribution in [0.4, 0.5) is 5.82 Å². The van der Waals surface area contributed by atoms with Gasteiger partial charge in [-0.3, -0.25) is 4.79 Å². The van der Waals surface area contributed by atoms with Gasteiger partial charge in [0.05, 0.1) is 6.10 Å². The van der Waals surface area contributed by atoms with Gasteiger partial charge in [0.25, 0.3) is 5.91 Å². The zero-order chi connectivity index (χ0) is 15.2. The summed E-state index contributed by atoms with van der Waals surface area (Å²) in [5.74, 6) is 0.409. The monoisotopic (exact) mass is 296 g/mol. The fraction of sp³-hybridized carbons (Fsp3) is 0.333. The van der Waals surface area contributed by atoms with Crippen LogP contribution in [0.2, 0.25) is 0 Å². The van der Waals surface area contributed by atoms with E-state index < -0.39 is 0 Å². The lowest BCUT2D eigenvalue weighted by Crippen LogP contribution is -2.22. The molecule has 0 saturated heterocycles. The van der Waals surface area contributed by atoms with Crippen LogP contribution in [-0.2, 0) is 9.53 Å². The molecule has 1 aliphatic rings. The molecule has 2 aromatic rings. The molecular formula is C18H20N2O2. The Kier molecular flexibility index (Phi) is 4.81. The zero-order valence-corrected chi connectivity index (χ0v) is 12.5. The molecule has 114 valence electrons. The standard InChI is InChI=1S/C18H20N2O2/c21-18(13-22-16-8-4-5-9-16)20-17-11-10-15(12-19-17)14-6-2-1-3-7-14/h1-3,6-7,10-12,16H,4-5,8-9,13H2,(H,19,20,21). The van der Waals surface area contributed by atoms with Crippen LogP contribution in [0.15, 0.2) is 48.7 Å². The Balaban J connectivity index is 1.53. The van der Waals surface area contributed by atoms with Gasteiger partial charge in [-0.05, 0) is 30.5 Å². The number of carbonyl (C=O) groups excluding carboxylic acids is 1. The molecule has 4 nitrogen and oxygen atoms in total. The molecule has 0 atom stereocenters. The van der Waals surface area contributed by atoms with E-state index in [2.05, 4.69) is 10.3 Å².